The van der Waals surface area contributed by atoms with Crippen LogP contribution in [0.1, 0.15) is 18.4 Å². The molecule has 0 aliphatic carbocycles. The predicted molar refractivity (Wildman–Crippen MR) is 86.4 cm³/mol. The van der Waals surface area contributed by atoms with E-state index in [9.17, 15) is 26.4 Å². The minimum absolute atomic E-state index is 0.00507. The minimum Gasteiger partial charge on any atom is -0.336 e. The Morgan fingerprint density at radius 3 is 2.33 bits per heavy atom. The number of benzene rings is 1. The van der Waals surface area contributed by atoms with Crippen LogP contribution in [0.25, 0.3) is 0 Å². The highest BCUT2D eigenvalue weighted by Crippen LogP contribution is 2.47. The number of amides is 1. The molecule has 0 saturated carbocycles. The summed E-state index contributed by atoms with van der Waals surface area (Å²) in [6.07, 6.45) is -3.13. The maximum atomic E-state index is 12.9. The zero-order chi connectivity index (χ0) is 19.4. The van der Waals surface area contributed by atoms with Crippen molar-refractivity contribution in [2.75, 3.05) is 37.7 Å². The van der Waals surface area contributed by atoms with Gasteiger partial charge in [-0.1, -0.05) is 0 Å². The molecule has 3 aliphatic heterocycles. The fraction of sp³-hybridized carbons (Fsp3) is 0.562. The van der Waals surface area contributed by atoms with Gasteiger partial charge in [0.2, 0.25) is 10.0 Å². The van der Waals surface area contributed by atoms with Crippen molar-refractivity contribution in [2.45, 2.75) is 29.7 Å². The number of halogens is 3. The lowest BCUT2D eigenvalue weighted by Gasteiger charge is -2.22. The van der Waals surface area contributed by atoms with E-state index >= 15 is 0 Å². The van der Waals surface area contributed by atoms with Crippen molar-refractivity contribution in [3.63, 3.8) is 0 Å². The van der Waals surface area contributed by atoms with E-state index < -0.39 is 34.4 Å². The fourth-order valence-corrected chi connectivity index (χ4v) is 5.23. The van der Waals surface area contributed by atoms with Crippen LogP contribution in [-0.2, 0) is 30.1 Å². The van der Waals surface area contributed by atoms with E-state index in [-0.39, 0.29) is 29.4 Å². The van der Waals surface area contributed by atoms with Gasteiger partial charge in [-0.15, -0.1) is 0 Å². The summed E-state index contributed by atoms with van der Waals surface area (Å²) in [4.78, 5) is 13.1. The van der Waals surface area contributed by atoms with Crippen LogP contribution in [0.4, 0.5) is 18.9 Å². The van der Waals surface area contributed by atoms with Gasteiger partial charge >= 0.3 is 6.18 Å². The molecule has 2 saturated heterocycles. The van der Waals surface area contributed by atoms with Crippen LogP contribution in [0.2, 0.25) is 0 Å². The molecule has 2 fully saturated rings. The molecule has 1 aromatic carbocycles. The van der Waals surface area contributed by atoms with Crippen molar-refractivity contribution in [3.8, 4) is 0 Å². The molecular formula is C16H17F3N2O5S. The monoisotopic (exact) mass is 406 g/mol. The number of anilines is 1. The van der Waals surface area contributed by atoms with E-state index in [2.05, 4.69) is 0 Å². The number of sulfonamides is 1. The number of hydrogen-bond acceptors (Lipinski definition) is 5. The third-order valence-electron chi connectivity index (χ3n) is 4.87. The molecule has 4 rings (SSSR count). The first-order chi connectivity index (χ1) is 12.7. The fourth-order valence-electron chi connectivity index (χ4n) is 3.68. The van der Waals surface area contributed by atoms with Crippen LogP contribution in [0.3, 0.4) is 0 Å². The molecular weight excluding hydrogens is 389 g/mol. The summed E-state index contributed by atoms with van der Waals surface area (Å²) in [5.74, 6) is -3.01. The lowest BCUT2D eigenvalue weighted by molar-refractivity contribution is -0.183. The van der Waals surface area contributed by atoms with Crippen molar-refractivity contribution < 1.29 is 35.9 Å². The number of carbonyl (C=O) groups excluding carboxylic acids is 1. The summed E-state index contributed by atoms with van der Waals surface area (Å²) in [6.45, 7) is -0.693. The molecule has 1 amide bonds. The van der Waals surface area contributed by atoms with Crippen molar-refractivity contribution >= 4 is 21.6 Å². The Balaban J connectivity index is 1.80. The zero-order valence-electron chi connectivity index (χ0n) is 14.2. The average Bonchev–Trinajstić information content (AvgIpc) is 3.32. The van der Waals surface area contributed by atoms with Gasteiger partial charge in [-0.2, -0.15) is 17.5 Å². The topological polar surface area (TPSA) is 76.2 Å². The minimum atomic E-state index is -4.63. The maximum absolute atomic E-state index is 12.9. The normalized spacial score (nSPS) is 22.8. The van der Waals surface area contributed by atoms with E-state index in [1.54, 1.807) is 0 Å². The summed E-state index contributed by atoms with van der Waals surface area (Å²) in [6, 6.07) is 3.63. The standard InChI is InChI=1S/C16H17F3N2O5S/c17-15(18,19)10-21-13-4-3-11(27(23,24)20-5-1-2-6-20)9-12(13)16(14(21)22)25-7-8-26-16/h3-4,9H,1-2,5-8,10H2. The van der Waals surface area contributed by atoms with Gasteiger partial charge in [-0.05, 0) is 31.0 Å². The summed E-state index contributed by atoms with van der Waals surface area (Å²) in [5.41, 5.74) is -0.0610. The number of alkyl halides is 3. The maximum Gasteiger partial charge on any atom is 0.406 e. The molecule has 27 heavy (non-hydrogen) atoms. The Morgan fingerprint density at radius 1 is 1.11 bits per heavy atom. The summed E-state index contributed by atoms with van der Waals surface area (Å²) in [7, 11) is -3.81. The number of fused-ring (bicyclic) bond motifs is 2. The Labute approximate surface area is 153 Å². The summed E-state index contributed by atoms with van der Waals surface area (Å²) < 4.78 is 76.5. The average molecular weight is 406 g/mol. The molecule has 0 bridgehead atoms. The molecule has 3 heterocycles. The third-order valence-corrected chi connectivity index (χ3v) is 6.77. The smallest absolute Gasteiger partial charge is 0.336 e. The Morgan fingerprint density at radius 2 is 1.74 bits per heavy atom. The lowest BCUT2D eigenvalue weighted by atomic mass is 10.1. The summed E-state index contributed by atoms with van der Waals surface area (Å²) >= 11 is 0. The Kier molecular flexibility index (Phi) is 4.26. The van der Waals surface area contributed by atoms with Gasteiger partial charge in [-0.3, -0.25) is 9.69 Å². The van der Waals surface area contributed by atoms with Crippen LogP contribution < -0.4 is 4.90 Å². The van der Waals surface area contributed by atoms with E-state index in [1.165, 1.54) is 22.5 Å². The van der Waals surface area contributed by atoms with E-state index in [0.29, 0.717) is 18.0 Å². The van der Waals surface area contributed by atoms with Gasteiger partial charge in [0.05, 0.1) is 23.8 Å². The zero-order valence-corrected chi connectivity index (χ0v) is 15.0. The first-order valence-electron chi connectivity index (χ1n) is 8.46. The molecule has 0 unspecified atom stereocenters. The van der Waals surface area contributed by atoms with Crippen LogP contribution in [-0.4, -0.2) is 57.7 Å². The van der Waals surface area contributed by atoms with Crippen LogP contribution in [0.5, 0.6) is 0 Å². The highest BCUT2D eigenvalue weighted by molar-refractivity contribution is 7.89. The molecule has 148 valence electrons. The van der Waals surface area contributed by atoms with Gasteiger partial charge in [0.15, 0.2) is 0 Å². The van der Waals surface area contributed by atoms with Crippen molar-refractivity contribution in [3.05, 3.63) is 23.8 Å². The van der Waals surface area contributed by atoms with Gasteiger partial charge in [0.25, 0.3) is 11.7 Å². The largest absolute Gasteiger partial charge is 0.406 e. The molecule has 0 atom stereocenters. The Hall–Kier alpha value is -1.69. The van der Waals surface area contributed by atoms with Crippen molar-refractivity contribution in [2.24, 2.45) is 0 Å². The van der Waals surface area contributed by atoms with E-state index in [4.69, 9.17) is 9.47 Å². The van der Waals surface area contributed by atoms with Gasteiger partial charge in [0.1, 0.15) is 6.54 Å². The lowest BCUT2D eigenvalue weighted by Crippen LogP contribution is -2.44. The number of carbonyl (C=O) groups is 1. The number of hydrogen-bond donors (Lipinski definition) is 0. The van der Waals surface area contributed by atoms with Gasteiger partial charge in [-0.25, -0.2) is 8.42 Å². The second-order valence-corrected chi connectivity index (χ2v) is 8.55. The van der Waals surface area contributed by atoms with E-state index in [1.807, 2.05) is 0 Å². The van der Waals surface area contributed by atoms with E-state index in [0.717, 1.165) is 12.8 Å². The van der Waals surface area contributed by atoms with Gasteiger partial charge < -0.3 is 9.47 Å². The third kappa shape index (κ3) is 2.93. The Bertz CT molecular complexity index is 875. The number of rotatable bonds is 3. The highest BCUT2D eigenvalue weighted by atomic mass is 32.2. The molecule has 0 aromatic heterocycles. The molecule has 7 nitrogen and oxygen atoms in total. The number of ether oxygens (including phenoxy) is 2. The van der Waals surface area contributed by atoms with Crippen LogP contribution in [0, 0.1) is 0 Å². The molecule has 0 N–H and O–H groups in total. The molecule has 1 aromatic rings. The highest BCUT2D eigenvalue weighted by Gasteiger charge is 2.58. The van der Waals surface area contributed by atoms with Crippen molar-refractivity contribution in [1.29, 1.82) is 0 Å². The molecule has 0 radical (unpaired) electrons. The summed E-state index contributed by atoms with van der Waals surface area (Å²) in [5, 5.41) is 0. The second-order valence-electron chi connectivity index (χ2n) is 6.61. The van der Waals surface area contributed by atoms with Crippen molar-refractivity contribution in [1.82, 2.24) is 4.31 Å². The number of nitrogens with zero attached hydrogens (tertiary/aromatic N) is 2. The quantitative estimate of drug-likeness (QED) is 0.762. The molecule has 1 spiro atoms. The predicted octanol–water partition coefficient (Wildman–Crippen LogP) is 1.58. The molecule has 11 heteroatoms. The SMILES string of the molecule is O=C1N(CC(F)(F)F)c2ccc(S(=O)(=O)N3CCCC3)cc2C12OCCO2. The first-order valence-corrected chi connectivity index (χ1v) is 9.90. The second kappa shape index (κ2) is 6.16. The van der Waals surface area contributed by atoms with Crippen LogP contribution >= 0.6 is 0 Å². The molecule has 3 aliphatic rings. The van der Waals surface area contributed by atoms with Crippen LogP contribution in [0.15, 0.2) is 23.1 Å². The van der Waals surface area contributed by atoms with Gasteiger partial charge in [0, 0.05) is 18.7 Å². The first kappa shape index (κ1) is 18.7.